The summed E-state index contributed by atoms with van der Waals surface area (Å²) in [5.74, 6) is 0.121. The predicted molar refractivity (Wildman–Crippen MR) is 126 cm³/mol. The topological polar surface area (TPSA) is 86.4 Å². The van der Waals surface area contributed by atoms with Crippen LogP contribution in [-0.4, -0.2) is 32.1 Å². The van der Waals surface area contributed by atoms with Crippen molar-refractivity contribution in [3.63, 3.8) is 0 Å². The Hall–Kier alpha value is -3.77. The summed E-state index contributed by atoms with van der Waals surface area (Å²) in [5.41, 5.74) is 0.185. The molecule has 0 amide bonds. The van der Waals surface area contributed by atoms with Gasteiger partial charge in [-0.2, -0.15) is 10.5 Å². The van der Waals surface area contributed by atoms with Gasteiger partial charge in [0.2, 0.25) is 0 Å². The number of carbonyl (C=O) groups is 1. The van der Waals surface area contributed by atoms with E-state index in [0.29, 0.717) is 17.1 Å². The van der Waals surface area contributed by atoms with Crippen LogP contribution in [0.15, 0.2) is 48.5 Å². The number of fused-ring (bicyclic) bond motifs is 3. The summed E-state index contributed by atoms with van der Waals surface area (Å²) in [6.07, 6.45) is 3.81. The van der Waals surface area contributed by atoms with E-state index < -0.39 is 28.8 Å². The summed E-state index contributed by atoms with van der Waals surface area (Å²) in [6.45, 7) is 5.61. The number of nitrogens with zero attached hydrogens (tertiary/aromatic N) is 3. The van der Waals surface area contributed by atoms with E-state index in [0.717, 1.165) is 11.3 Å². The molecule has 2 aromatic rings. The van der Waals surface area contributed by atoms with Gasteiger partial charge in [0.25, 0.3) is 0 Å². The maximum absolute atomic E-state index is 14.0. The van der Waals surface area contributed by atoms with Crippen molar-refractivity contribution in [3.05, 3.63) is 59.7 Å². The number of para-hydroxylation sites is 2. The Labute approximate surface area is 194 Å². The van der Waals surface area contributed by atoms with Crippen LogP contribution >= 0.6 is 0 Å². The van der Waals surface area contributed by atoms with Crippen LogP contribution in [0.2, 0.25) is 0 Å². The van der Waals surface area contributed by atoms with E-state index in [1.54, 1.807) is 12.1 Å². The van der Waals surface area contributed by atoms with Crippen LogP contribution in [0.4, 0.5) is 5.69 Å². The molecule has 0 N–H and O–H groups in total. The van der Waals surface area contributed by atoms with Crippen LogP contribution < -0.4 is 14.4 Å². The molecular weight excluding hydrogens is 414 g/mol. The fourth-order valence-corrected chi connectivity index (χ4v) is 5.18. The van der Waals surface area contributed by atoms with Gasteiger partial charge < -0.3 is 14.4 Å². The van der Waals surface area contributed by atoms with Gasteiger partial charge in [0.05, 0.1) is 38.4 Å². The van der Waals surface area contributed by atoms with Crippen molar-refractivity contribution in [3.8, 4) is 23.6 Å². The van der Waals surface area contributed by atoms with Crippen LogP contribution in [0.1, 0.15) is 37.8 Å². The smallest absolute Gasteiger partial charge is 0.176 e. The quantitative estimate of drug-likeness (QED) is 0.682. The first kappa shape index (κ1) is 22.4. The first-order valence-electron chi connectivity index (χ1n) is 10.9. The minimum Gasteiger partial charge on any atom is -0.493 e. The number of ether oxygens (including phenoxy) is 2. The third kappa shape index (κ3) is 3.17. The van der Waals surface area contributed by atoms with E-state index in [1.165, 1.54) is 14.2 Å². The molecule has 1 saturated heterocycles. The zero-order chi connectivity index (χ0) is 24.0. The van der Waals surface area contributed by atoms with Gasteiger partial charge in [-0.15, -0.1) is 0 Å². The summed E-state index contributed by atoms with van der Waals surface area (Å²) < 4.78 is 11.2. The molecule has 0 bridgehead atoms. The van der Waals surface area contributed by atoms with Gasteiger partial charge in [0.1, 0.15) is 0 Å². The minimum atomic E-state index is -1.52. The maximum Gasteiger partial charge on any atom is 0.176 e. The summed E-state index contributed by atoms with van der Waals surface area (Å²) in [6, 6.07) is 16.5. The van der Waals surface area contributed by atoms with E-state index in [1.807, 2.05) is 68.2 Å². The maximum atomic E-state index is 14.0. The number of Topliss-reactive ketones (excluding diaryl/α,β-unsaturated/α-hetero) is 1. The minimum absolute atomic E-state index is 0.0418. The molecule has 2 aliphatic heterocycles. The first-order valence-corrected chi connectivity index (χ1v) is 10.9. The lowest BCUT2D eigenvalue weighted by Crippen LogP contribution is -2.47. The Bertz CT molecular complexity index is 1200. The van der Waals surface area contributed by atoms with Crippen LogP contribution in [0, 0.1) is 33.5 Å². The average molecular weight is 442 g/mol. The lowest BCUT2D eigenvalue weighted by atomic mass is 9.67. The monoisotopic (exact) mass is 441 g/mol. The van der Waals surface area contributed by atoms with Gasteiger partial charge in [-0.1, -0.05) is 63.3 Å². The molecule has 6 nitrogen and oxygen atoms in total. The second-order valence-corrected chi connectivity index (χ2v) is 9.48. The molecule has 1 fully saturated rings. The van der Waals surface area contributed by atoms with E-state index in [9.17, 15) is 15.3 Å². The first-order chi connectivity index (χ1) is 15.7. The lowest BCUT2D eigenvalue weighted by Gasteiger charge is -2.37. The molecule has 0 aliphatic carbocycles. The van der Waals surface area contributed by atoms with E-state index in [-0.39, 0.29) is 5.78 Å². The Balaban J connectivity index is 2.08. The number of carbonyl (C=O) groups excluding carboxylic acids is 1. The second-order valence-electron chi connectivity index (χ2n) is 9.48. The molecule has 2 aromatic carbocycles. The molecule has 0 spiro atoms. The lowest BCUT2D eigenvalue weighted by molar-refractivity contribution is -0.127. The number of hydrogen-bond acceptors (Lipinski definition) is 6. The normalized spacial score (nSPS) is 22.5. The number of hydrogen-bond donors (Lipinski definition) is 0. The van der Waals surface area contributed by atoms with Crippen molar-refractivity contribution >= 4 is 17.5 Å². The van der Waals surface area contributed by atoms with E-state index in [4.69, 9.17) is 9.47 Å². The second kappa shape index (κ2) is 7.98. The highest BCUT2D eigenvalue weighted by Gasteiger charge is 2.64. The Morgan fingerprint density at radius 3 is 2.33 bits per heavy atom. The zero-order valence-electron chi connectivity index (χ0n) is 19.5. The van der Waals surface area contributed by atoms with Crippen molar-refractivity contribution in [2.75, 3.05) is 19.1 Å². The van der Waals surface area contributed by atoms with Crippen molar-refractivity contribution in [1.82, 2.24) is 0 Å². The van der Waals surface area contributed by atoms with Gasteiger partial charge in [-0.25, -0.2) is 0 Å². The molecule has 168 valence electrons. The van der Waals surface area contributed by atoms with Gasteiger partial charge in [0, 0.05) is 22.6 Å². The SMILES string of the molecule is COc1cccc(C2C(C(=O)C(C)(C)C)N3c4ccccc4C=CC3C2(C#N)C#N)c1OC. The largest absolute Gasteiger partial charge is 0.493 e. The Morgan fingerprint density at radius 2 is 1.73 bits per heavy atom. The van der Waals surface area contributed by atoms with Crippen LogP contribution in [0.3, 0.4) is 0 Å². The summed E-state index contributed by atoms with van der Waals surface area (Å²) in [7, 11) is 3.07. The van der Waals surface area contributed by atoms with E-state index >= 15 is 0 Å². The molecule has 33 heavy (non-hydrogen) atoms. The number of nitriles is 2. The molecule has 0 saturated carbocycles. The molecule has 4 rings (SSSR count). The van der Waals surface area contributed by atoms with Crippen molar-refractivity contribution < 1.29 is 14.3 Å². The summed E-state index contributed by atoms with van der Waals surface area (Å²) >= 11 is 0. The molecule has 0 radical (unpaired) electrons. The molecular formula is C27H27N3O3. The summed E-state index contributed by atoms with van der Waals surface area (Å²) in [5, 5.41) is 21.0. The van der Waals surface area contributed by atoms with Crippen molar-refractivity contribution in [2.45, 2.75) is 38.8 Å². The van der Waals surface area contributed by atoms with Crippen molar-refractivity contribution in [2.24, 2.45) is 10.8 Å². The molecule has 2 aliphatic rings. The standard InChI is InChI=1S/C27H27N3O3/c1-26(2,3)25(31)23-22(18-10-8-12-20(32-4)24(18)33-5)27(15-28,16-29)21-14-13-17-9-6-7-11-19(17)30(21)23/h6-14,21-23H,1-5H3. The van der Waals surface area contributed by atoms with E-state index in [2.05, 4.69) is 12.1 Å². The van der Waals surface area contributed by atoms with Crippen LogP contribution in [0.5, 0.6) is 11.5 Å². The fourth-order valence-electron chi connectivity index (χ4n) is 5.18. The third-order valence-corrected chi connectivity index (χ3v) is 6.69. The van der Waals surface area contributed by atoms with Gasteiger partial charge in [-0.05, 0) is 17.7 Å². The Morgan fingerprint density at radius 1 is 1.03 bits per heavy atom. The molecule has 6 heteroatoms. The molecule has 3 atom stereocenters. The van der Waals surface area contributed by atoms with Gasteiger partial charge in [0.15, 0.2) is 22.7 Å². The van der Waals surface area contributed by atoms with Gasteiger partial charge >= 0.3 is 0 Å². The average Bonchev–Trinajstić information content (AvgIpc) is 3.12. The number of benzene rings is 2. The number of methoxy groups -OCH3 is 2. The molecule has 3 unspecified atom stereocenters. The molecule has 2 heterocycles. The highest BCUT2D eigenvalue weighted by Crippen LogP contribution is 2.58. The van der Waals surface area contributed by atoms with Crippen molar-refractivity contribution in [1.29, 1.82) is 10.5 Å². The predicted octanol–water partition coefficient (Wildman–Crippen LogP) is 4.72. The Kier molecular flexibility index (Phi) is 5.42. The number of anilines is 1. The highest BCUT2D eigenvalue weighted by atomic mass is 16.5. The zero-order valence-corrected chi connectivity index (χ0v) is 19.5. The fraction of sp³-hybridized carbons (Fsp3) is 0.370. The number of rotatable bonds is 4. The van der Waals surface area contributed by atoms with Crippen LogP contribution in [0.25, 0.3) is 6.08 Å². The molecule has 0 aromatic heterocycles. The van der Waals surface area contributed by atoms with Crippen LogP contribution in [-0.2, 0) is 4.79 Å². The van der Waals surface area contributed by atoms with Gasteiger partial charge in [-0.3, -0.25) is 4.79 Å². The number of ketones is 1. The highest BCUT2D eigenvalue weighted by molar-refractivity contribution is 5.96. The summed E-state index contributed by atoms with van der Waals surface area (Å²) in [4.78, 5) is 16.0. The third-order valence-electron chi connectivity index (χ3n) is 6.69.